The lowest BCUT2D eigenvalue weighted by molar-refractivity contribution is -0.125. The molecule has 4 nitrogen and oxygen atoms in total. The molecule has 1 heterocycles. The first-order chi connectivity index (χ1) is 8.24. The van der Waals surface area contributed by atoms with E-state index in [0.717, 1.165) is 26.2 Å². The zero-order valence-electron chi connectivity index (χ0n) is 11.2. The van der Waals surface area contributed by atoms with E-state index in [-0.39, 0.29) is 24.4 Å². The molecule has 0 aromatic carbocycles. The zero-order chi connectivity index (χ0) is 12.1. The number of halogens is 1. The Labute approximate surface area is 116 Å². The van der Waals surface area contributed by atoms with Crippen LogP contribution in [-0.2, 0) is 9.53 Å². The molecule has 1 amide bonds. The van der Waals surface area contributed by atoms with Gasteiger partial charge in [0.05, 0.1) is 19.1 Å². The van der Waals surface area contributed by atoms with Gasteiger partial charge in [0.1, 0.15) is 0 Å². The number of nitrogens with one attached hydrogen (secondary N) is 2. The molecule has 18 heavy (non-hydrogen) atoms. The molecule has 2 aliphatic rings. The van der Waals surface area contributed by atoms with Crippen molar-refractivity contribution in [3.8, 4) is 0 Å². The maximum atomic E-state index is 11.8. The van der Waals surface area contributed by atoms with Crippen LogP contribution in [0.2, 0.25) is 0 Å². The van der Waals surface area contributed by atoms with E-state index in [9.17, 15) is 4.79 Å². The van der Waals surface area contributed by atoms with Crippen LogP contribution < -0.4 is 10.6 Å². The number of morpholine rings is 1. The molecule has 106 valence electrons. The highest BCUT2D eigenvalue weighted by atomic mass is 35.5. The zero-order valence-corrected chi connectivity index (χ0v) is 12.0. The monoisotopic (exact) mass is 276 g/mol. The predicted molar refractivity (Wildman–Crippen MR) is 74.1 cm³/mol. The van der Waals surface area contributed by atoms with Crippen molar-refractivity contribution in [2.75, 3.05) is 26.2 Å². The second kappa shape index (κ2) is 7.31. The van der Waals surface area contributed by atoms with E-state index in [0.29, 0.717) is 11.8 Å². The highest BCUT2D eigenvalue weighted by molar-refractivity contribution is 5.85. The molecule has 1 aliphatic heterocycles. The topological polar surface area (TPSA) is 50.4 Å². The van der Waals surface area contributed by atoms with Gasteiger partial charge in [0.15, 0.2) is 0 Å². The molecule has 2 N–H and O–H groups in total. The Balaban J connectivity index is 0.00000162. The third-order valence-electron chi connectivity index (χ3n) is 4.24. The fourth-order valence-electron chi connectivity index (χ4n) is 2.65. The van der Waals surface area contributed by atoms with Crippen LogP contribution in [0.25, 0.3) is 0 Å². The van der Waals surface area contributed by atoms with Gasteiger partial charge < -0.3 is 15.4 Å². The lowest BCUT2D eigenvalue weighted by Gasteiger charge is -2.41. The van der Waals surface area contributed by atoms with Crippen LogP contribution in [0.3, 0.4) is 0 Å². The lowest BCUT2D eigenvalue weighted by Crippen LogP contribution is -2.45. The van der Waals surface area contributed by atoms with E-state index in [1.54, 1.807) is 0 Å². The number of rotatable bonds is 5. The quantitative estimate of drug-likeness (QED) is 0.800. The van der Waals surface area contributed by atoms with E-state index in [1.165, 1.54) is 25.7 Å². The minimum atomic E-state index is 0. The molecule has 0 spiro atoms. The molecule has 1 saturated heterocycles. The van der Waals surface area contributed by atoms with E-state index >= 15 is 0 Å². The summed E-state index contributed by atoms with van der Waals surface area (Å²) in [5.74, 6) is 0.137. The van der Waals surface area contributed by atoms with Gasteiger partial charge in [-0.1, -0.05) is 13.3 Å². The van der Waals surface area contributed by atoms with Gasteiger partial charge in [-0.25, -0.2) is 0 Å². The molecular formula is C13H25ClN2O2. The first-order valence-electron chi connectivity index (χ1n) is 6.83. The molecule has 1 unspecified atom stereocenters. The summed E-state index contributed by atoms with van der Waals surface area (Å²) >= 11 is 0. The van der Waals surface area contributed by atoms with Crippen molar-refractivity contribution >= 4 is 18.3 Å². The van der Waals surface area contributed by atoms with Crippen LogP contribution in [0.4, 0.5) is 0 Å². The Bertz CT molecular complexity index is 258. The lowest BCUT2D eigenvalue weighted by atomic mass is 9.67. The molecule has 1 aliphatic carbocycles. The van der Waals surface area contributed by atoms with Crippen molar-refractivity contribution in [2.45, 2.75) is 45.1 Å². The van der Waals surface area contributed by atoms with Crippen molar-refractivity contribution in [3.63, 3.8) is 0 Å². The van der Waals surface area contributed by atoms with Crippen molar-refractivity contribution in [1.29, 1.82) is 0 Å². The smallest absolute Gasteiger partial charge is 0.222 e. The Morgan fingerprint density at radius 2 is 2.28 bits per heavy atom. The number of carbonyl (C=O) groups excluding carboxylic acids is 1. The van der Waals surface area contributed by atoms with Gasteiger partial charge in [0.2, 0.25) is 5.91 Å². The summed E-state index contributed by atoms with van der Waals surface area (Å²) in [5.41, 5.74) is 0.404. The normalized spacial score (nSPS) is 25.7. The van der Waals surface area contributed by atoms with Gasteiger partial charge in [-0.05, 0) is 24.7 Å². The number of hydrogen-bond donors (Lipinski definition) is 2. The standard InChI is InChI=1S/C13H24N2O2.ClH/c1-2-13(4-3-5-13)10-15-12(16)8-11-9-14-6-7-17-11;/h11,14H,2-10H2,1H3,(H,15,16);1H. The molecule has 0 bridgehead atoms. The maximum Gasteiger partial charge on any atom is 0.222 e. The summed E-state index contributed by atoms with van der Waals surface area (Å²) in [7, 11) is 0. The maximum absolute atomic E-state index is 11.8. The minimum absolute atomic E-state index is 0. The van der Waals surface area contributed by atoms with E-state index in [2.05, 4.69) is 17.6 Å². The Hall–Kier alpha value is -0.320. The predicted octanol–water partition coefficient (Wildman–Crippen LogP) is 1.48. The van der Waals surface area contributed by atoms with Crippen LogP contribution in [0.15, 0.2) is 0 Å². The second-order valence-corrected chi connectivity index (χ2v) is 5.38. The fraction of sp³-hybridized carbons (Fsp3) is 0.923. The summed E-state index contributed by atoms with van der Waals surface area (Å²) in [4.78, 5) is 11.8. The number of hydrogen-bond acceptors (Lipinski definition) is 3. The van der Waals surface area contributed by atoms with Gasteiger partial charge in [-0.2, -0.15) is 0 Å². The third kappa shape index (κ3) is 4.11. The van der Waals surface area contributed by atoms with Gasteiger partial charge >= 0.3 is 0 Å². The molecular weight excluding hydrogens is 252 g/mol. The van der Waals surface area contributed by atoms with Crippen molar-refractivity contribution in [3.05, 3.63) is 0 Å². The van der Waals surface area contributed by atoms with Crippen molar-refractivity contribution in [2.24, 2.45) is 5.41 Å². The Morgan fingerprint density at radius 1 is 1.50 bits per heavy atom. The van der Waals surface area contributed by atoms with Crippen molar-refractivity contribution < 1.29 is 9.53 Å². The fourth-order valence-corrected chi connectivity index (χ4v) is 2.65. The largest absolute Gasteiger partial charge is 0.375 e. The van der Waals surface area contributed by atoms with E-state index in [1.807, 2.05) is 0 Å². The molecule has 5 heteroatoms. The molecule has 0 aromatic heterocycles. The van der Waals surface area contributed by atoms with Gasteiger partial charge in [-0.15, -0.1) is 12.4 Å². The third-order valence-corrected chi connectivity index (χ3v) is 4.24. The van der Waals surface area contributed by atoms with E-state index < -0.39 is 0 Å². The average Bonchev–Trinajstić information content (AvgIpc) is 2.29. The van der Waals surface area contributed by atoms with Gasteiger partial charge in [0, 0.05) is 19.6 Å². The van der Waals surface area contributed by atoms with Crippen molar-refractivity contribution in [1.82, 2.24) is 10.6 Å². The summed E-state index contributed by atoms with van der Waals surface area (Å²) < 4.78 is 5.52. The minimum Gasteiger partial charge on any atom is -0.375 e. The van der Waals surface area contributed by atoms with Crippen LogP contribution in [0, 0.1) is 5.41 Å². The first-order valence-corrected chi connectivity index (χ1v) is 6.83. The molecule has 1 saturated carbocycles. The van der Waals surface area contributed by atoms with Crippen LogP contribution >= 0.6 is 12.4 Å². The van der Waals surface area contributed by atoms with Gasteiger partial charge in [-0.3, -0.25) is 4.79 Å². The van der Waals surface area contributed by atoms with Gasteiger partial charge in [0.25, 0.3) is 0 Å². The van der Waals surface area contributed by atoms with E-state index in [4.69, 9.17) is 4.74 Å². The second-order valence-electron chi connectivity index (χ2n) is 5.38. The number of carbonyl (C=O) groups is 1. The highest BCUT2D eigenvalue weighted by Crippen LogP contribution is 2.42. The molecule has 1 atom stereocenters. The molecule has 0 aromatic rings. The first kappa shape index (κ1) is 15.7. The summed E-state index contributed by atoms with van der Waals surface area (Å²) in [6.45, 7) is 5.49. The molecule has 2 fully saturated rings. The Kier molecular flexibility index (Phi) is 6.39. The number of ether oxygens (including phenoxy) is 1. The molecule has 0 radical (unpaired) electrons. The summed E-state index contributed by atoms with van der Waals surface area (Å²) in [6.07, 6.45) is 5.58. The van der Waals surface area contributed by atoms with Crippen LogP contribution in [0.1, 0.15) is 39.0 Å². The average molecular weight is 277 g/mol. The van der Waals surface area contributed by atoms with Crippen LogP contribution in [-0.4, -0.2) is 38.3 Å². The summed E-state index contributed by atoms with van der Waals surface area (Å²) in [6, 6.07) is 0. The van der Waals surface area contributed by atoms with Crippen LogP contribution in [0.5, 0.6) is 0 Å². The molecule has 2 rings (SSSR count). The Morgan fingerprint density at radius 3 is 2.78 bits per heavy atom. The SMILES string of the molecule is CCC1(CNC(=O)CC2CNCCO2)CCC1.Cl. The highest BCUT2D eigenvalue weighted by Gasteiger charge is 2.35. The number of amides is 1. The summed E-state index contributed by atoms with van der Waals surface area (Å²) in [5, 5.41) is 6.32.